The standard InChI is InChI=1S/C18H18ClN3O2/c19-17-4-2-1-3-15(17)12-24-13-16(23)11-22-18(7-10-21-22)14-5-8-20-9-6-14/h1-10,16,23H,11-13H2/t16-/m1/s1. The molecule has 2 aromatic heterocycles. The highest BCUT2D eigenvalue weighted by molar-refractivity contribution is 6.31. The molecule has 124 valence electrons. The molecule has 0 aliphatic carbocycles. The van der Waals surface area contributed by atoms with Crippen molar-refractivity contribution in [2.45, 2.75) is 19.3 Å². The number of rotatable bonds is 7. The Balaban J connectivity index is 1.55. The van der Waals surface area contributed by atoms with Crippen LogP contribution in [0.4, 0.5) is 0 Å². The molecule has 0 saturated carbocycles. The Morgan fingerprint density at radius 1 is 1.08 bits per heavy atom. The molecule has 1 aromatic carbocycles. The van der Waals surface area contributed by atoms with Crippen LogP contribution in [0.2, 0.25) is 5.02 Å². The number of halogens is 1. The fourth-order valence-corrected chi connectivity index (χ4v) is 2.61. The van der Waals surface area contributed by atoms with E-state index < -0.39 is 6.10 Å². The van der Waals surface area contributed by atoms with E-state index >= 15 is 0 Å². The van der Waals surface area contributed by atoms with Gasteiger partial charge in [0, 0.05) is 29.2 Å². The van der Waals surface area contributed by atoms with Crippen LogP contribution in [0.1, 0.15) is 5.56 Å². The van der Waals surface area contributed by atoms with Gasteiger partial charge < -0.3 is 9.84 Å². The first-order valence-corrected chi connectivity index (χ1v) is 8.03. The number of ether oxygens (including phenoxy) is 1. The van der Waals surface area contributed by atoms with Gasteiger partial charge in [0.25, 0.3) is 0 Å². The molecule has 0 unspecified atom stereocenters. The van der Waals surface area contributed by atoms with Crippen molar-refractivity contribution in [1.82, 2.24) is 14.8 Å². The van der Waals surface area contributed by atoms with Crippen LogP contribution in [0.15, 0.2) is 61.1 Å². The number of hydrogen-bond donors (Lipinski definition) is 1. The molecule has 6 heteroatoms. The molecule has 1 N–H and O–H groups in total. The van der Waals surface area contributed by atoms with Crippen LogP contribution >= 0.6 is 11.6 Å². The van der Waals surface area contributed by atoms with Crippen LogP contribution in [0, 0.1) is 0 Å². The fraction of sp³-hybridized carbons (Fsp3) is 0.222. The van der Waals surface area contributed by atoms with E-state index in [4.69, 9.17) is 16.3 Å². The van der Waals surface area contributed by atoms with E-state index in [0.29, 0.717) is 18.2 Å². The Labute approximate surface area is 145 Å². The van der Waals surface area contributed by atoms with Gasteiger partial charge in [0.15, 0.2) is 0 Å². The van der Waals surface area contributed by atoms with Gasteiger partial charge in [-0.25, -0.2) is 0 Å². The molecule has 1 atom stereocenters. The monoisotopic (exact) mass is 343 g/mol. The number of nitrogens with zero attached hydrogens (tertiary/aromatic N) is 3. The third-order valence-electron chi connectivity index (χ3n) is 3.60. The van der Waals surface area contributed by atoms with E-state index in [1.165, 1.54) is 0 Å². The van der Waals surface area contributed by atoms with Gasteiger partial charge in [-0.1, -0.05) is 29.8 Å². The molecule has 0 fully saturated rings. The predicted molar refractivity (Wildman–Crippen MR) is 92.6 cm³/mol. The Morgan fingerprint density at radius 2 is 1.88 bits per heavy atom. The molecular formula is C18H18ClN3O2. The largest absolute Gasteiger partial charge is 0.389 e. The van der Waals surface area contributed by atoms with E-state index in [0.717, 1.165) is 16.8 Å². The molecule has 0 aliphatic rings. The van der Waals surface area contributed by atoms with E-state index in [1.54, 1.807) is 23.3 Å². The SMILES string of the molecule is O[C@@H](COCc1ccccc1Cl)Cn1nccc1-c1ccncc1. The van der Waals surface area contributed by atoms with Crippen molar-refractivity contribution in [3.05, 3.63) is 71.6 Å². The summed E-state index contributed by atoms with van der Waals surface area (Å²) in [5, 5.41) is 15.1. The lowest BCUT2D eigenvalue weighted by Gasteiger charge is -2.14. The second-order valence-corrected chi connectivity index (χ2v) is 5.80. The number of pyridine rings is 1. The van der Waals surface area contributed by atoms with Crippen molar-refractivity contribution in [3.63, 3.8) is 0 Å². The zero-order chi connectivity index (χ0) is 16.8. The molecule has 5 nitrogen and oxygen atoms in total. The zero-order valence-corrected chi connectivity index (χ0v) is 13.8. The number of hydrogen-bond acceptors (Lipinski definition) is 4. The molecule has 2 heterocycles. The average molecular weight is 344 g/mol. The van der Waals surface area contributed by atoms with Crippen molar-refractivity contribution in [2.24, 2.45) is 0 Å². The minimum absolute atomic E-state index is 0.209. The first-order valence-electron chi connectivity index (χ1n) is 7.65. The van der Waals surface area contributed by atoms with Gasteiger partial charge in [0.05, 0.1) is 31.6 Å². The second kappa shape index (κ2) is 8.06. The molecule has 0 spiro atoms. The number of aliphatic hydroxyl groups excluding tert-OH is 1. The molecule has 0 saturated heterocycles. The Bertz CT molecular complexity index is 777. The van der Waals surface area contributed by atoms with Crippen LogP contribution in [-0.2, 0) is 17.9 Å². The maximum atomic E-state index is 10.2. The highest BCUT2D eigenvalue weighted by Gasteiger charge is 2.11. The lowest BCUT2D eigenvalue weighted by Crippen LogP contribution is -2.23. The van der Waals surface area contributed by atoms with Crippen molar-refractivity contribution in [3.8, 4) is 11.3 Å². The Kier molecular flexibility index (Phi) is 5.59. The summed E-state index contributed by atoms with van der Waals surface area (Å²) in [6.07, 6.45) is 4.52. The summed E-state index contributed by atoms with van der Waals surface area (Å²) >= 11 is 6.08. The van der Waals surface area contributed by atoms with E-state index in [9.17, 15) is 5.11 Å². The molecule has 0 radical (unpaired) electrons. The third-order valence-corrected chi connectivity index (χ3v) is 3.97. The fourth-order valence-electron chi connectivity index (χ4n) is 2.42. The van der Waals surface area contributed by atoms with Gasteiger partial charge in [0.2, 0.25) is 0 Å². The third kappa shape index (κ3) is 4.20. The van der Waals surface area contributed by atoms with Crippen LogP contribution in [0.3, 0.4) is 0 Å². The van der Waals surface area contributed by atoms with Crippen molar-refractivity contribution < 1.29 is 9.84 Å². The summed E-state index contributed by atoms with van der Waals surface area (Å²) in [5.41, 5.74) is 2.84. The molecule has 3 rings (SSSR count). The van der Waals surface area contributed by atoms with Crippen molar-refractivity contribution in [1.29, 1.82) is 0 Å². The molecule has 0 aliphatic heterocycles. The topological polar surface area (TPSA) is 60.2 Å². The summed E-state index contributed by atoms with van der Waals surface area (Å²) in [7, 11) is 0. The summed E-state index contributed by atoms with van der Waals surface area (Å²) in [6.45, 7) is 0.932. The lowest BCUT2D eigenvalue weighted by atomic mass is 10.2. The maximum absolute atomic E-state index is 10.2. The lowest BCUT2D eigenvalue weighted by molar-refractivity contribution is 0.0190. The van der Waals surface area contributed by atoms with Crippen LogP contribution in [0.5, 0.6) is 0 Å². The summed E-state index contributed by atoms with van der Waals surface area (Å²) in [4.78, 5) is 4.01. The molecule has 3 aromatic rings. The normalized spacial score (nSPS) is 12.2. The van der Waals surface area contributed by atoms with Crippen LogP contribution < -0.4 is 0 Å². The van der Waals surface area contributed by atoms with Crippen LogP contribution in [-0.4, -0.2) is 32.6 Å². The highest BCUT2D eigenvalue weighted by Crippen LogP contribution is 2.18. The summed E-state index contributed by atoms with van der Waals surface area (Å²) < 4.78 is 7.33. The van der Waals surface area contributed by atoms with Crippen molar-refractivity contribution in [2.75, 3.05) is 6.61 Å². The quantitative estimate of drug-likeness (QED) is 0.715. The van der Waals surface area contributed by atoms with Gasteiger partial charge >= 0.3 is 0 Å². The minimum atomic E-state index is -0.659. The molecular weight excluding hydrogens is 326 g/mol. The van der Waals surface area contributed by atoms with Gasteiger partial charge in [-0.15, -0.1) is 0 Å². The minimum Gasteiger partial charge on any atom is -0.389 e. The van der Waals surface area contributed by atoms with E-state index in [2.05, 4.69) is 10.1 Å². The average Bonchev–Trinajstić information content (AvgIpc) is 3.05. The number of aliphatic hydroxyl groups is 1. The summed E-state index contributed by atoms with van der Waals surface area (Å²) in [6, 6.07) is 13.2. The van der Waals surface area contributed by atoms with E-state index in [-0.39, 0.29) is 6.61 Å². The molecule has 24 heavy (non-hydrogen) atoms. The smallest absolute Gasteiger partial charge is 0.0969 e. The number of aromatic nitrogens is 3. The number of benzene rings is 1. The van der Waals surface area contributed by atoms with Gasteiger partial charge in [-0.2, -0.15) is 5.10 Å². The summed E-state index contributed by atoms with van der Waals surface area (Å²) in [5.74, 6) is 0. The molecule has 0 amide bonds. The highest BCUT2D eigenvalue weighted by atomic mass is 35.5. The first-order chi connectivity index (χ1) is 11.7. The predicted octanol–water partition coefficient (Wildman–Crippen LogP) is 3.18. The van der Waals surface area contributed by atoms with Gasteiger partial charge in [-0.05, 0) is 29.8 Å². The Morgan fingerprint density at radius 3 is 2.67 bits per heavy atom. The first kappa shape index (κ1) is 16.6. The maximum Gasteiger partial charge on any atom is 0.0969 e. The van der Waals surface area contributed by atoms with E-state index in [1.807, 2.05) is 42.5 Å². The second-order valence-electron chi connectivity index (χ2n) is 5.39. The molecule has 0 bridgehead atoms. The van der Waals surface area contributed by atoms with Crippen LogP contribution in [0.25, 0.3) is 11.3 Å². The van der Waals surface area contributed by atoms with Gasteiger partial charge in [0.1, 0.15) is 0 Å². The Hall–Kier alpha value is -2.21. The van der Waals surface area contributed by atoms with Crippen molar-refractivity contribution >= 4 is 11.6 Å². The zero-order valence-electron chi connectivity index (χ0n) is 13.0. The van der Waals surface area contributed by atoms with Gasteiger partial charge in [-0.3, -0.25) is 9.67 Å².